The zero-order valence-electron chi connectivity index (χ0n) is 10.9. The molecule has 0 amide bonds. The summed E-state index contributed by atoms with van der Waals surface area (Å²) in [4.78, 5) is 3.74. The van der Waals surface area contributed by atoms with Gasteiger partial charge in [0.15, 0.2) is 10.8 Å². The molecule has 1 aromatic heterocycles. The highest BCUT2D eigenvalue weighted by Gasteiger charge is 2.21. The Morgan fingerprint density at radius 3 is 2.72 bits per heavy atom. The van der Waals surface area contributed by atoms with Crippen molar-refractivity contribution in [3.63, 3.8) is 0 Å². The van der Waals surface area contributed by atoms with Crippen LogP contribution in [-0.4, -0.2) is 37.7 Å². The number of nitrogens with one attached hydrogen (secondary N) is 1. The van der Waals surface area contributed by atoms with E-state index >= 15 is 0 Å². The monoisotopic (exact) mass is 276 g/mol. The van der Waals surface area contributed by atoms with Gasteiger partial charge in [-0.1, -0.05) is 13.8 Å². The van der Waals surface area contributed by atoms with Gasteiger partial charge in [0.05, 0.1) is 12.9 Å². The van der Waals surface area contributed by atoms with Crippen LogP contribution in [0.15, 0.2) is 11.4 Å². The Balaban J connectivity index is 2.51. The molecule has 3 N–H and O–H groups in total. The largest absolute Gasteiger partial charge is 0.381 e. The number of nitrogens with zero attached hydrogens (tertiary/aromatic N) is 2. The number of ether oxygens (including phenoxy) is 1. The topological polar surface area (TPSA) is 99.2 Å². The van der Waals surface area contributed by atoms with E-state index in [1.54, 1.807) is 7.05 Å². The number of anilines is 1. The highest BCUT2D eigenvalue weighted by molar-refractivity contribution is 7.89. The molecule has 0 aliphatic heterocycles. The summed E-state index contributed by atoms with van der Waals surface area (Å²) < 4.78 is 32.9. The fourth-order valence-electron chi connectivity index (χ4n) is 1.40. The molecule has 0 atom stereocenters. The van der Waals surface area contributed by atoms with E-state index in [4.69, 9.17) is 10.5 Å². The summed E-state index contributed by atoms with van der Waals surface area (Å²) in [7, 11) is -2.06. The highest BCUT2D eigenvalue weighted by Crippen LogP contribution is 2.14. The van der Waals surface area contributed by atoms with Crippen LogP contribution in [0.5, 0.6) is 0 Å². The van der Waals surface area contributed by atoms with Crippen molar-refractivity contribution in [2.24, 2.45) is 13.0 Å². The predicted molar refractivity (Wildman–Crippen MR) is 68.5 cm³/mol. The Kier molecular flexibility index (Phi) is 5.12. The fraction of sp³-hybridized carbons (Fsp3) is 0.700. The SMILES string of the molecule is CC(C)COCCNS(=O)(=O)c1c(N)ncn1C. The van der Waals surface area contributed by atoms with Gasteiger partial charge in [-0.2, -0.15) is 0 Å². The van der Waals surface area contributed by atoms with Gasteiger partial charge in [0.2, 0.25) is 0 Å². The van der Waals surface area contributed by atoms with Crippen molar-refractivity contribution >= 4 is 15.8 Å². The third kappa shape index (κ3) is 3.97. The Morgan fingerprint density at radius 2 is 2.22 bits per heavy atom. The van der Waals surface area contributed by atoms with Gasteiger partial charge in [-0.15, -0.1) is 0 Å². The van der Waals surface area contributed by atoms with Crippen LogP contribution in [0.1, 0.15) is 13.8 Å². The van der Waals surface area contributed by atoms with E-state index in [1.165, 1.54) is 10.9 Å². The van der Waals surface area contributed by atoms with Gasteiger partial charge in [0.25, 0.3) is 10.0 Å². The van der Waals surface area contributed by atoms with Gasteiger partial charge in [-0.3, -0.25) is 0 Å². The molecule has 8 heteroatoms. The van der Waals surface area contributed by atoms with E-state index in [-0.39, 0.29) is 17.4 Å². The van der Waals surface area contributed by atoms with Crippen LogP contribution < -0.4 is 10.5 Å². The lowest BCUT2D eigenvalue weighted by Crippen LogP contribution is -2.29. The van der Waals surface area contributed by atoms with Crippen molar-refractivity contribution in [2.45, 2.75) is 18.9 Å². The van der Waals surface area contributed by atoms with E-state index in [0.717, 1.165) is 0 Å². The summed E-state index contributed by atoms with van der Waals surface area (Å²) in [6.07, 6.45) is 1.36. The molecule has 0 saturated carbocycles. The smallest absolute Gasteiger partial charge is 0.260 e. The summed E-state index contributed by atoms with van der Waals surface area (Å²) >= 11 is 0. The standard InChI is InChI=1S/C10H20N4O3S/c1-8(2)6-17-5-4-13-18(15,16)10-9(11)12-7-14(10)3/h7-8,13H,4-6,11H2,1-3H3. The molecule has 1 aromatic rings. The molecule has 0 saturated heterocycles. The maximum absolute atomic E-state index is 11.9. The molecule has 104 valence electrons. The molecule has 7 nitrogen and oxygen atoms in total. The quantitative estimate of drug-likeness (QED) is 0.680. The van der Waals surface area contributed by atoms with Gasteiger partial charge in [0, 0.05) is 20.2 Å². The molecule has 0 aliphatic rings. The first kappa shape index (κ1) is 14.9. The maximum atomic E-state index is 11.9. The summed E-state index contributed by atoms with van der Waals surface area (Å²) in [5.41, 5.74) is 5.52. The Hall–Kier alpha value is -1.12. The Bertz CT molecular complexity index is 462. The van der Waals surface area contributed by atoms with Crippen molar-refractivity contribution in [3.8, 4) is 0 Å². The zero-order valence-corrected chi connectivity index (χ0v) is 11.7. The molecule has 1 heterocycles. The normalized spacial score (nSPS) is 12.2. The van der Waals surface area contributed by atoms with Gasteiger partial charge in [-0.25, -0.2) is 18.1 Å². The summed E-state index contributed by atoms with van der Waals surface area (Å²) in [6, 6.07) is 0. The van der Waals surface area contributed by atoms with Crippen LogP contribution in [0.3, 0.4) is 0 Å². The first-order valence-electron chi connectivity index (χ1n) is 5.68. The zero-order chi connectivity index (χ0) is 13.8. The third-order valence-electron chi connectivity index (χ3n) is 2.15. The van der Waals surface area contributed by atoms with Gasteiger partial charge < -0.3 is 15.0 Å². The van der Waals surface area contributed by atoms with Crippen LogP contribution in [0.4, 0.5) is 5.82 Å². The number of hydrogen-bond donors (Lipinski definition) is 2. The summed E-state index contributed by atoms with van der Waals surface area (Å²) in [5.74, 6) is 0.419. The maximum Gasteiger partial charge on any atom is 0.260 e. The number of nitrogen functional groups attached to an aromatic ring is 1. The number of imidazole rings is 1. The van der Waals surface area contributed by atoms with Crippen molar-refractivity contribution in [1.82, 2.24) is 14.3 Å². The number of nitrogens with two attached hydrogens (primary N) is 1. The minimum atomic E-state index is -3.63. The van der Waals surface area contributed by atoms with Crippen LogP contribution in [0, 0.1) is 5.92 Å². The molecular weight excluding hydrogens is 256 g/mol. The molecule has 0 aliphatic carbocycles. The number of aromatic nitrogens is 2. The van der Waals surface area contributed by atoms with Crippen LogP contribution in [0.2, 0.25) is 0 Å². The lowest BCUT2D eigenvalue weighted by molar-refractivity contribution is 0.114. The van der Waals surface area contributed by atoms with Gasteiger partial charge >= 0.3 is 0 Å². The molecule has 0 radical (unpaired) electrons. The Morgan fingerprint density at radius 1 is 1.56 bits per heavy atom. The van der Waals surface area contributed by atoms with Crippen LogP contribution >= 0.6 is 0 Å². The molecular formula is C10H20N4O3S. The minimum Gasteiger partial charge on any atom is -0.381 e. The average Bonchev–Trinajstić information content (AvgIpc) is 2.57. The van der Waals surface area contributed by atoms with E-state index in [2.05, 4.69) is 9.71 Å². The van der Waals surface area contributed by atoms with E-state index in [9.17, 15) is 8.42 Å². The summed E-state index contributed by atoms with van der Waals surface area (Å²) in [6.45, 7) is 5.20. The molecule has 0 unspecified atom stereocenters. The molecule has 18 heavy (non-hydrogen) atoms. The molecule has 0 bridgehead atoms. The third-order valence-corrected chi connectivity index (χ3v) is 3.74. The number of aryl methyl sites for hydroxylation is 1. The number of hydrogen-bond acceptors (Lipinski definition) is 5. The van der Waals surface area contributed by atoms with Crippen molar-refractivity contribution in [3.05, 3.63) is 6.33 Å². The number of sulfonamides is 1. The molecule has 0 aromatic carbocycles. The van der Waals surface area contributed by atoms with Gasteiger partial charge in [-0.05, 0) is 5.92 Å². The Labute approximate surface area is 107 Å². The second-order valence-corrected chi connectivity index (χ2v) is 6.09. The second kappa shape index (κ2) is 6.17. The lowest BCUT2D eigenvalue weighted by atomic mass is 10.2. The molecule has 0 spiro atoms. The first-order valence-corrected chi connectivity index (χ1v) is 7.17. The van der Waals surface area contributed by atoms with E-state index < -0.39 is 10.0 Å². The number of rotatable bonds is 7. The molecule has 1 rings (SSSR count). The van der Waals surface area contributed by atoms with Crippen molar-refractivity contribution < 1.29 is 13.2 Å². The lowest BCUT2D eigenvalue weighted by Gasteiger charge is -2.09. The van der Waals surface area contributed by atoms with Crippen molar-refractivity contribution in [1.29, 1.82) is 0 Å². The van der Waals surface area contributed by atoms with Crippen LogP contribution in [-0.2, 0) is 21.8 Å². The average molecular weight is 276 g/mol. The molecule has 0 fully saturated rings. The highest BCUT2D eigenvalue weighted by atomic mass is 32.2. The minimum absolute atomic E-state index is 0.00639. The first-order chi connectivity index (χ1) is 8.34. The van der Waals surface area contributed by atoms with E-state index in [0.29, 0.717) is 19.1 Å². The second-order valence-electron chi connectivity index (χ2n) is 4.41. The van der Waals surface area contributed by atoms with Gasteiger partial charge in [0.1, 0.15) is 0 Å². The van der Waals surface area contributed by atoms with Crippen LogP contribution in [0.25, 0.3) is 0 Å². The predicted octanol–water partition coefficient (Wildman–Crippen LogP) is -0.0468. The van der Waals surface area contributed by atoms with Crippen molar-refractivity contribution in [2.75, 3.05) is 25.5 Å². The van der Waals surface area contributed by atoms with E-state index in [1.807, 2.05) is 13.8 Å². The summed E-state index contributed by atoms with van der Waals surface area (Å²) in [5, 5.41) is -0.0219. The fourth-order valence-corrected chi connectivity index (χ4v) is 2.64.